The smallest absolute Gasteiger partial charge is 0.166 e. The zero-order valence-electron chi connectivity index (χ0n) is 15.6. The Morgan fingerprint density at radius 2 is 2.19 bits per heavy atom. The molecule has 0 amide bonds. The van der Waals surface area contributed by atoms with Crippen LogP contribution in [-0.4, -0.2) is 40.6 Å². The van der Waals surface area contributed by atoms with Gasteiger partial charge in [-0.15, -0.1) is 0 Å². The monoisotopic (exact) mass is 447 g/mol. The maximum Gasteiger partial charge on any atom is 0.166 e. The number of rotatable bonds is 5. The predicted octanol–water partition coefficient (Wildman–Crippen LogP) is 4.84. The first-order chi connectivity index (χ1) is 13.1. The lowest BCUT2D eigenvalue weighted by atomic mass is 9.95. The first-order valence-corrected chi connectivity index (χ1v) is 10.7. The molecule has 0 aliphatic carbocycles. The van der Waals surface area contributed by atoms with E-state index >= 15 is 0 Å². The number of hydrogen-bond donors (Lipinski definition) is 0. The lowest BCUT2D eigenvalue weighted by molar-refractivity contribution is 0.278. The van der Waals surface area contributed by atoms with E-state index in [1.807, 2.05) is 49.1 Å². The summed E-state index contributed by atoms with van der Waals surface area (Å²) in [5.41, 5.74) is 2.05. The molecule has 1 aromatic heterocycles. The average molecular weight is 448 g/mol. The summed E-state index contributed by atoms with van der Waals surface area (Å²) < 4.78 is 12.6. The third kappa shape index (κ3) is 3.43. The molecule has 2 aliphatic rings. The molecule has 4 rings (SSSR count). The molecular formula is C20H22BrN3O2S. The summed E-state index contributed by atoms with van der Waals surface area (Å²) in [6, 6.07) is 10.0. The third-order valence-corrected chi connectivity index (χ3v) is 6.32. The van der Waals surface area contributed by atoms with Crippen LogP contribution in [0.2, 0.25) is 0 Å². The van der Waals surface area contributed by atoms with Crippen LogP contribution in [0.4, 0.5) is 0 Å². The molecule has 0 saturated carbocycles. The zero-order valence-corrected chi connectivity index (χ0v) is 18.0. The predicted molar refractivity (Wildman–Crippen MR) is 113 cm³/mol. The number of aromatic nitrogens is 1. The van der Waals surface area contributed by atoms with Gasteiger partial charge in [0.15, 0.2) is 16.7 Å². The first-order valence-electron chi connectivity index (χ1n) is 9.04. The van der Waals surface area contributed by atoms with Crippen LogP contribution in [0.25, 0.3) is 0 Å². The summed E-state index contributed by atoms with van der Waals surface area (Å²) in [4.78, 5) is 12.0. The summed E-state index contributed by atoms with van der Waals surface area (Å²) in [6.45, 7) is 5.76. The van der Waals surface area contributed by atoms with E-state index in [9.17, 15) is 0 Å². The van der Waals surface area contributed by atoms with Gasteiger partial charge in [-0.25, -0.2) is 0 Å². The van der Waals surface area contributed by atoms with Crippen LogP contribution < -0.4 is 9.47 Å². The molecule has 7 heteroatoms. The van der Waals surface area contributed by atoms with Crippen LogP contribution in [0.3, 0.4) is 0 Å². The molecule has 0 bridgehead atoms. The van der Waals surface area contributed by atoms with E-state index in [0.717, 1.165) is 38.9 Å². The molecule has 5 nitrogen and oxygen atoms in total. The molecule has 3 atom stereocenters. The van der Waals surface area contributed by atoms with Crippen molar-refractivity contribution in [2.24, 2.45) is 4.99 Å². The van der Waals surface area contributed by atoms with E-state index < -0.39 is 0 Å². The lowest BCUT2D eigenvalue weighted by Gasteiger charge is -2.29. The van der Waals surface area contributed by atoms with E-state index in [0.29, 0.717) is 11.9 Å². The van der Waals surface area contributed by atoms with Gasteiger partial charge in [0.1, 0.15) is 6.04 Å². The largest absolute Gasteiger partial charge is 0.493 e. The second-order valence-corrected chi connectivity index (χ2v) is 8.92. The molecule has 1 aromatic carbocycles. The second kappa shape index (κ2) is 7.72. The van der Waals surface area contributed by atoms with E-state index in [4.69, 9.17) is 14.5 Å². The van der Waals surface area contributed by atoms with Crippen LogP contribution in [0.1, 0.15) is 37.2 Å². The number of thioether (sulfide) groups is 1. The van der Waals surface area contributed by atoms with E-state index in [1.165, 1.54) is 0 Å². The summed E-state index contributed by atoms with van der Waals surface area (Å²) in [5, 5.41) is 1.60. The Hall–Kier alpha value is -1.73. The number of pyridine rings is 1. The maximum atomic E-state index is 6.04. The molecular weight excluding hydrogens is 426 g/mol. The minimum atomic E-state index is -0.0700. The number of methoxy groups -OCH3 is 1. The van der Waals surface area contributed by atoms with Gasteiger partial charge in [0.2, 0.25) is 0 Å². The van der Waals surface area contributed by atoms with Crippen LogP contribution >= 0.6 is 27.7 Å². The number of ether oxygens (including phenoxy) is 2. The Kier molecular flexibility index (Phi) is 5.32. The highest BCUT2D eigenvalue weighted by molar-refractivity contribution is 9.10. The Labute approximate surface area is 172 Å². The number of aliphatic imine (C=N–C) groups is 1. The summed E-state index contributed by atoms with van der Waals surface area (Å²) in [7, 11) is 1.68. The fraction of sp³-hybridized carbons (Fsp3) is 0.400. The molecule has 0 radical (unpaired) electrons. The van der Waals surface area contributed by atoms with Gasteiger partial charge < -0.3 is 14.4 Å². The Bertz CT molecular complexity index is 862. The molecule has 1 fully saturated rings. The van der Waals surface area contributed by atoms with Crippen molar-refractivity contribution < 1.29 is 9.47 Å². The van der Waals surface area contributed by atoms with E-state index in [-0.39, 0.29) is 12.1 Å². The number of hydrogen-bond acceptors (Lipinski definition) is 6. The van der Waals surface area contributed by atoms with Gasteiger partial charge in [0.05, 0.1) is 25.5 Å². The molecule has 0 N–H and O–H groups in total. The number of halogens is 1. The lowest BCUT2D eigenvalue weighted by Crippen LogP contribution is -2.29. The first kappa shape index (κ1) is 18.6. The highest BCUT2D eigenvalue weighted by Gasteiger charge is 2.45. The van der Waals surface area contributed by atoms with Crippen LogP contribution in [0, 0.1) is 0 Å². The van der Waals surface area contributed by atoms with Gasteiger partial charge in [-0.3, -0.25) is 9.98 Å². The Morgan fingerprint density at radius 1 is 1.33 bits per heavy atom. The second-order valence-electron chi connectivity index (χ2n) is 6.60. The van der Waals surface area contributed by atoms with Crippen molar-refractivity contribution in [3.8, 4) is 11.5 Å². The quantitative estimate of drug-likeness (QED) is 0.655. The van der Waals surface area contributed by atoms with Crippen molar-refractivity contribution in [1.82, 2.24) is 9.88 Å². The van der Waals surface area contributed by atoms with Crippen molar-refractivity contribution >= 4 is 32.9 Å². The fourth-order valence-corrected chi connectivity index (χ4v) is 5.26. The third-order valence-electron chi connectivity index (χ3n) is 4.76. The molecule has 142 valence electrons. The average Bonchev–Trinajstić information content (AvgIpc) is 3.19. The number of fused-ring (bicyclic) bond motifs is 1. The zero-order chi connectivity index (χ0) is 19.0. The number of amidine groups is 1. The molecule has 27 heavy (non-hydrogen) atoms. The number of benzene rings is 1. The van der Waals surface area contributed by atoms with E-state index in [1.54, 1.807) is 7.11 Å². The van der Waals surface area contributed by atoms with Crippen molar-refractivity contribution in [2.75, 3.05) is 20.3 Å². The minimum Gasteiger partial charge on any atom is -0.493 e. The molecule has 2 aromatic rings. The van der Waals surface area contributed by atoms with Gasteiger partial charge >= 0.3 is 0 Å². The Balaban J connectivity index is 1.86. The highest BCUT2D eigenvalue weighted by Crippen LogP contribution is 2.51. The molecule has 3 heterocycles. The van der Waals surface area contributed by atoms with Crippen molar-refractivity contribution in [3.63, 3.8) is 0 Å². The topological polar surface area (TPSA) is 47.0 Å². The van der Waals surface area contributed by atoms with Gasteiger partial charge in [0, 0.05) is 28.0 Å². The Morgan fingerprint density at radius 3 is 2.89 bits per heavy atom. The number of nitrogens with zero attached hydrogens (tertiary/aromatic N) is 3. The summed E-state index contributed by atoms with van der Waals surface area (Å²) in [6.07, 6.45) is 1.83. The van der Waals surface area contributed by atoms with Gasteiger partial charge in [0.25, 0.3) is 0 Å². The van der Waals surface area contributed by atoms with Crippen LogP contribution in [0.15, 0.2) is 46.0 Å². The minimum absolute atomic E-state index is 0.0281. The van der Waals surface area contributed by atoms with Crippen molar-refractivity contribution in [2.45, 2.75) is 31.2 Å². The highest BCUT2D eigenvalue weighted by atomic mass is 79.9. The molecule has 0 spiro atoms. The van der Waals surface area contributed by atoms with E-state index in [2.05, 4.69) is 38.8 Å². The van der Waals surface area contributed by atoms with Crippen molar-refractivity contribution in [1.29, 1.82) is 0 Å². The van der Waals surface area contributed by atoms with Gasteiger partial charge in [-0.2, -0.15) is 0 Å². The van der Waals surface area contributed by atoms with Gasteiger partial charge in [-0.1, -0.05) is 40.7 Å². The van der Waals surface area contributed by atoms with Crippen molar-refractivity contribution in [3.05, 3.63) is 52.3 Å². The van der Waals surface area contributed by atoms with Gasteiger partial charge in [-0.05, 0) is 31.2 Å². The van der Waals surface area contributed by atoms with Crippen LogP contribution in [0.5, 0.6) is 11.5 Å². The standard InChI is InChI=1S/C20H22BrN3O2S/c1-4-26-19-14(9-13(21)10-16(19)25-3)18-17(15-7-5-6-8-22-15)23-20-24(18)11-12(2)27-20/h5-10,12,17-18H,4,11H2,1-3H3/t12-,17+,18+/m0/s1. The molecule has 1 saturated heterocycles. The van der Waals surface area contributed by atoms with Crippen LogP contribution in [-0.2, 0) is 0 Å². The fourth-order valence-electron chi connectivity index (χ4n) is 3.71. The maximum absolute atomic E-state index is 6.04. The molecule has 0 unspecified atom stereocenters. The summed E-state index contributed by atoms with van der Waals surface area (Å²) >= 11 is 5.47. The summed E-state index contributed by atoms with van der Waals surface area (Å²) in [5.74, 6) is 1.52. The SMILES string of the molecule is CCOc1c(OC)cc(Br)cc1[C@@H]1[C@@H](c2ccccn2)N=C2S[C@@H](C)CN21. The molecule has 2 aliphatic heterocycles. The normalized spacial score (nSPS) is 23.9.